The normalized spacial score (nSPS) is 16.1. The van der Waals surface area contributed by atoms with Crippen LogP contribution in [0.1, 0.15) is 33.6 Å². The fourth-order valence-corrected chi connectivity index (χ4v) is 2.10. The van der Waals surface area contributed by atoms with Crippen molar-refractivity contribution in [3.63, 3.8) is 0 Å². The number of hydroxylamine groups is 2. The number of rotatable bonds is 4. The predicted octanol–water partition coefficient (Wildman–Crippen LogP) is 0.866. The Morgan fingerprint density at radius 2 is 1.87 bits per heavy atom. The minimum absolute atomic E-state index is 0.0658. The van der Waals surface area contributed by atoms with Gasteiger partial charge >= 0.3 is 6.09 Å². The van der Waals surface area contributed by atoms with E-state index >= 15 is 0 Å². The third kappa shape index (κ3) is 6.43. The summed E-state index contributed by atoms with van der Waals surface area (Å²) in [5.41, 5.74) is -0.565. The van der Waals surface area contributed by atoms with Gasteiger partial charge in [0.2, 0.25) is 11.8 Å². The number of hydrogen-bond acceptors (Lipinski definition) is 5. The van der Waals surface area contributed by atoms with Gasteiger partial charge in [-0.3, -0.25) is 14.4 Å². The van der Waals surface area contributed by atoms with E-state index in [0.717, 1.165) is 5.06 Å². The van der Waals surface area contributed by atoms with Crippen molar-refractivity contribution in [1.29, 1.82) is 0 Å². The van der Waals surface area contributed by atoms with E-state index in [2.05, 4.69) is 0 Å². The molecular formula is C15H27N3O5. The van der Waals surface area contributed by atoms with Crippen molar-refractivity contribution in [2.45, 2.75) is 39.2 Å². The second-order valence-corrected chi connectivity index (χ2v) is 6.42. The van der Waals surface area contributed by atoms with Crippen LogP contribution >= 0.6 is 0 Å². The van der Waals surface area contributed by atoms with Crippen LogP contribution in [0.2, 0.25) is 0 Å². The second kappa shape index (κ2) is 8.14. The quantitative estimate of drug-likeness (QED) is 0.715. The molecule has 0 saturated carbocycles. The molecule has 8 nitrogen and oxygen atoms in total. The van der Waals surface area contributed by atoms with E-state index in [1.165, 1.54) is 19.1 Å². The molecule has 0 atom stereocenters. The molecule has 1 aliphatic rings. The summed E-state index contributed by atoms with van der Waals surface area (Å²) in [5.74, 6) is -0.266. The minimum Gasteiger partial charge on any atom is -0.444 e. The Morgan fingerprint density at radius 1 is 1.22 bits per heavy atom. The first kappa shape index (κ1) is 19.2. The topological polar surface area (TPSA) is 79.4 Å². The predicted molar refractivity (Wildman–Crippen MR) is 83.4 cm³/mol. The largest absolute Gasteiger partial charge is 0.444 e. The highest BCUT2D eigenvalue weighted by atomic mass is 16.7. The molecule has 1 aliphatic heterocycles. The first-order valence-electron chi connectivity index (χ1n) is 7.70. The van der Waals surface area contributed by atoms with Crippen LogP contribution in [0.5, 0.6) is 0 Å². The monoisotopic (exact) mass is 329 g/mol. The van der Waals surface area contributed by atoms with Crippen molar-refractivity contribution in [3.05, 3.63) is 0 Å². The summed E-state index contributed by atoms with van der Waals surface area (Å²) in [5, 5.41) is 1.13. The average molecular weight is 329 g/mol. The van der Waals surface area contributed by atoms with Gasteiger partial charge in [0, 0.05) is 46.1 Å². The third-order valence-electron chi connectivity index (χ3n) is 3.46. The van der Waals surface area contributed by atoms with Crippen LogP contribution in [0.3, 0.4) is 0 Å². The SMILES string of the molecule is CON(C)C(=O)CCN1CCN(C(=O)OC(C)(C)C)CCC1=O. The molecule has 1 fully saturated rings. The molecule has 0 aromatic rings. The molecule has 0 radical (unpaired) electrons. The zero-order valence-electron chi connectivity index (χ0n) is 14.6. The molecule has 23 heavy (non-hydrogen) atoms. The Kier molecular flexibility index (Phi) is 6.80. The summed E-state index contributed by atoms with van der Waals surface area (Å²) in [6.45, 7) is 6.84. The maximum absolute atomic E-state index is 12.1. The first-order valence-corrected chi connectivity index (χ1v) is 7.70. The van der Waals surface area contributed by atoms with Crippen LogP contribution in [-0.4, -0.2) is 78.7 Å². The third-order valence-corrected chi connectivity index (χ3v) is 3.46. The molecule has 0 N–H and O–H groups in total. The molecule has 0 unspecified atom stereocenters. The van der Waals surface area contributed by atoms with Crippen LogP contribution in [-0.2, 0) is 19.2 Å². The van der Waals surface area contributed by atoms with Gasteiger partial charge in [-0.1, -0.05) is 0 Å². The van der Waals surface area contributed by atoms with Crippen LogP contribution < -0.4 is 0 Å². The first-order chi connectivity index (χ1) is 10.6. The molecule has 8 heteroatoms. The number of carbonyl (C=O) groups is 3. The Labute approximate surface area is 137 Å². The highest BCUT2D eigenvalue weighted by Crippen LogP contribution is 2.13. The summed E-state index contributed by atoms with van der Waals surface area (Å²) in [6, 6.07) is 0. The Bertz CT molecular complexity index is 447. The van der Waals surface area contributed by atoms with Crippen LogP contribution in [0.15, 0.2) is 0 Å². The number of carbonyl (C=O) groups excluding carboxylic acids is 3. The van der Waals surface area contributed by atoms with Gasteiger partial charge in [-0.2, -0.15) is 0 Å². The highest BCUT2D eigenvalue weighted by Gasteiger charge is 2.27. The van der Waals surface area contributed by atoms with Gasteiger partial charge in [0.15, 0.2) is 0 Å². The molecule has 3 amide bonds. The fourth-order valence-electron chi connectivity index (χ4n) is 2.10. The van der Waals surface area contributed by atoms with E-state index in [-0.39, 0.29) is 24.7 Å². The Morgan fingerprint density at radius 3 is 2.43 bits per heavy atom. The minimum atomic E-state index is -0.565. The summed E-state index contributed by atoms with van der Waals surface area (Å²) in [7, 11) is 2.94. The van der Waals surface area contributed by atoms with Crippen molar-refractivity contribution in [3.8, 4) is 0 Å². The number of nitrogens with zero attached hydrogens (tertiary/aromatic N) is 3. The molecule has 0 spiro atoms. The lowest BCUT2D eigenvalue weighted by Crippen LogP contribution is -2.40. The fraction of sp³-hybridized carbons (Fsp3) is 0.800. The van der Waals surface area contributed by atoms with Crippen molar-refractivity contribution in [2.24, 2.45) is 0 Å². The summed E-state index contributed by atoms with van der Waals surface area (Å²) >= 11 is 0. The molecule has 1 heterocycles. The molecule has 0 aliphatic carbocycles. The smallest absolute Gasteiger partial charge is 0.410 e. The van der Waals surface area contributed by atoms with Gasteiger partial charge in [-0.25, -0.2) is 9.86 Å². The zero-order chi connectivity index (χ0) is 17.6. The van der Waals surface area contributed by atoms with E-state index in [9.17, 15) is 14.4 Å². The summed E-state index contributed by atoms with van der Waals surface area (Å²) < 4.78 is 5.33. The van der Waals surface area contributed by atoms with Crippen molar-refractivity contribution in [1.82, 2.24) is 14.9 Å². The van der Waals surface area contributed by atoms with E-state index in [4.69, 9.17) is 9.57 Å². The maximum Gasteiger partial charge on any atom is 0.410 e. The lowest BCUT2D eigenvalue weighted by molar-refractivity contribution is -0.169. The molecule has 1 rings (SSSR count). The lowest BCUT2D eigenvalue weighted by Gasteiger charge is -2.26. The van der Waals surface area contributed by atoms with Gasteiger partial charge < -0.3 is 14.5 Å². The number of ether oxygens (including phenoxy) is 1. The molecule has 0 aromatic carbocycles. The average Bonchev–Trinajstić information content (AvgIpc) is 2.64. The lowest BCUT2D eigenvalue weighted by atomic mass is 10.2. The molecular weight excluding hydrogens is 302 g/mol. The van der Waals surface area contributed by atoms with E-state index in [1.807, 2.05) is 0 Å². The number of hydrogen-bond donors (Lipinski definition) is 0. The zero-order valence-corrected chi connectivity index (χ0v) is 14.6. The summed E-state index contributed by atoms with van der Waals surface area (Å²) in [4.78, 5) is 43.8. The van der Waals surface area contributed by atoms with Crippen molar-refractivity contribution < 1.29 is 24.0 Å². The standard InChI is InChI=1S/C15H27N3O5/c1-15(2,3)23-14(21)18-9-7-13(20)17(10-11-18)8-6-12(19)16(4)22-5/h6-11H2,1-5H3. The van der Waals surface area contributed by atoms with E-state index in [1.54, 1.807) is 25.7 Å². The molecule has 0 bridgehead atoms. The van der Waals surface area contributed by atoms with Gasteiger partial charge in [0.25, 0.3) is 0 Å². The van der Waals surface area contributed by atoms with Gasteiger partial charge in [-0.15, -0.1) is 0 Å². The molecule has 132 valence electrons. The van der Waals surface area contributed by atoms with Gasteiger partial charge in [-0.05, 0) is 20.8 Å². The molecule has 1 saturated heterocycles. The highest BCUT2D eigenvalue weighted by molar-refractivity contribution is 5.79. The maximum atomic E-state index is 12.1. The van der Waals surface area contributed by atoms with E-state index < -0.39 is 11.7 Å². The van der Waals surface area contributed by atoms with Crippen molar-refractivity contribution >= 4 is 17.9 Å². The van der Waals surface area contributed by atoms with Crippen LogP contribution in [0, 0.1) is 0 Å². The Hall–Kier alpha value is -1.83. The van der Waals surface area contributed by atoms with E-state index in [0.29, 0.717) is 26.2 Å². The second-order valence-electron chi connectivity index (χ2n) is 6.42. The van der Waals surface area contributed by atoms with Crippen LogP contribution in [0.4, 0.5) is 4.79 Å². The van der Waals surface area contributed by atoms with Gasteiger partial charge in [0.1, 0.15) is 5.60 Å². The molecule has 0 aromatic heterocycles. The number of amides is 3. The van der Waals surface area contributed by atoms with Gasteiger partial charge in [0.05, 0.1) is 7.11 Å². The summed E-state index contributed by atoms with van der Waals surface area (Å²) in [6.07, 6.45) is -0.00173. The van der Waals surface area contributed by atoms with Crippen molar-refractivity contribution in [2.75, 3.05) is 40.3 Å². The Balaban J connectivity index is 2.53. The van der Waals surface area contributed by atoms with Crippen LogP contribution in [0.25, 0.3) is 0 Å².